The van der Waals surface area contributed by atoms with Gasteiger partial charge in [0.05, 0.1) is 21.7 Å². The Balaban J connectivity index is 1.39. The highest BCUT2D eigenvalue weighted by atomic mass is 35.5. The molecule has 1 amide bonds. The zero-order valence-corrected chi connectivity index (χ0v) is 22.4. The van der Waals surface area contributed by atoms with Crippen LogP contribution in [0.2, 0.25) is 5.02 Å². The third kappa shape index (κ3) is 5.24. The Kier molecular flexibility index (Phi) is 7.26. The summed E-state index contributed by atoms with van der Waals surface area (Å²) in [5, 5.41) is 1.18. The van der Waals surface area contributed by atoms with E-state index < -0.39 is 15.8 Å². The van der Waals surface area contributed by atoms with Crippen molar-refractivity contribution in [2.45, 2.75) is 31.2 Å². The molecule has 1 aliphatic rings. The summed E-state index contributed by atoms with van der Waals surface area (Å²) in [5.41, 5.74) is 2.48. The molecule has 0 atom stereocenters. The predicted molar refractivity (Wildman–Crippen MR) is 143 cm³/mol. The minimum Gasteiger partial charge on any atom is -0.283 e. The fraction of sp³-hybridized carbons (Fsp3) is 0.269. The van der Waals surface area contributed by atoms with Crippen LogP contribution in [0.3, 0.4) is 0 Å². The minimum atomic E-state index is -3.76. The Morgan fingerprint density at radius 1 is 1.16 bits per heavy atom. The molecule has 2 aromatic heterocycles. The molecular weight excluding hydrogens is 535 g/mol. The van der Waals surface area contributed by atoms with Crippen LogP contribution in [0, 0.1) is 18.7 Å². The number of hydrogen-bond donors (Lipinski definition) is 0. The number of anilines is 1. The van der Waals surface area contributed by atoms with Crippen LogP contribution in [-0.4, -0.2) is 41.7 Å². The van der Waals surface area contributed by atoms with Crippen molar-refractivity contribution in [3.63, 3.8) is 0 Å². The van der Waals surface area contributed by atoms with Crippen molar-refractivity contribution in [1.29, 1.82) is 0 Å². The third-order valence-corrected chi connectivity index (χ3v) is 9.92. The van der Waals surface area contributed by atoms with Crippen molar-refractivity contribution in [3.8, 4) is 0 Å². The topological polar surface area (TPSA) is 83.5 Å². The first kappa shape index (κ1) is 25.7. The lowest BCUT2D eigenvalue weighted by Gasteiger charge is -2.33. The SMILES string of the molecule is Cc1c(Cl)ccc2sc(N(Cc3cccnc3)C(=O)C3CCN(S(=O)(=O)c4ccc(F)cc4)CC3)nc12. The molecule has 1 aliphatic heterocycles. The maximum absolute atomic E-state index is 13.8. The number of nitrogens with zero attached hydrogens (tertiary/aromatic N) is 4. The Morgan fingerprint density at radius 2 is 1.89 bits per heavy atom. The molecule has 0 radical (unpaired) electrons. The summed E-state index contributed by atoms with van der Waals surface area (Å²) in [6.45, 7) is 2.60. The van der Waals surface area contributed by atoms with Gasteiger partial charge in [-0.15, -0.1) is 0 Å². The molecule has 0 unspecified atom stereocenters. The summed E-state index contributed by atoms with van der Waals surface area (Å²) in [6.07, 6.45) is 4.14. The van der Waals surface area contributed by atoms with Gasteiger partial charge >= 0.3 is 0 Å². The summed E-state index contributed by atoms with van der Waals surface area (Å²) in [7, 11) is -3.76. The number of benzene rings is 2. The van der Waals surface area contributed by atoms with E-state index in [1.165, 1.54) is 27.8 Å². The van der Waals surface area contributed by atoms with E-state index >= 15 is 0 Å². The molecule has 1 saturated heterocycles. The molecule has 3 heterocycles. The molecule has 192 valence electrons. The first-order valence-corrected chi connectivity index (χ1v) is 14.4. The zero-order chi connectivity index (χ0) is 26.2. The second kappa shape index (κ2) is 10.4. The average Bonchev–Trinajstić information content (AvgIpc) is 3.35. The molecule has 1 fully saturated rings. The minimum absolute atomic E-state index is 0.0420. The molecule has 0 spiro atoms. The molecule has 0 aliphatic carbocycles. The number of carbonyl (C=O) groups excluding carboxylic acids is 1. The number of carbonyl (C=O) groups is 1. The van der Waals surface area contributed by atoms with E-state index in [1.807, 2.05) is 31.2 Å². The van der Waals surface area contributed by atoms with E-state index in [9.17, 15) is 17.6 Å². The van der Waals surface area contributed by atoms with E-state index in [4.69, 9.17) is 16.6 Å². The van der Waals surface area contributed by atoms with Gasteiger partial charge in [-0.2, -0.15) is 4.31 Å². The number of fused-ring (bicyclic) bond motifs is 1. The molecule has 0 bridgehead atoms. The van der Waals surface area contributed by atoms with Crippen LogP contribution in [0.25, 0.3) is 10.2 Å². The van der Waals surface area contributed by atoms with Crippen LogP contribution >= 0.6 is 22.9 Å². The van der Waals surface area contributed by atoms with Gasteiger partial charge in [-0.1, -0.05) is 29.0 Å². The first-order valence-electron chi connectivity index (χ1n) is 11.8. The summed E-state index contributed by atoms with van der Waals surface area (Å²) < 4.78 is 41.6. The van der Waals surface area contributed by atoms with Gasteiger partial charge in [0.25, 0.3) is 0 Å². The number of rotatable bonds is 6. The van der Waals surface area contributed by atoms with E-state index in [-0.39, 0.29) is 29.8 Å². The van der Waals surface area contributed by atoms with Gasteiger partial charge < -0.3 is 0 Å². The highest BCUT2D eigenvalue weighted by molar-refractivity contribution is 7.89. The molecule has 7 nitrogen and oxygen atoms in total. The molecule has 0 N–H and O–H groups in total. The summed E-state index contributed by atoms with van der Waals surface area (Å²) in [4.78, 5) is 24.5. The molecule has 37 heavy (non-hydrogen) atoms. The third-order valence-electron chi connectivity index (χ3n) is 6.55. The predicted octanol–water partition coefficient (Wildman–Crippen LogP) is 5.43. The fourth-order valence-electron chi connectivity index (χ4n) is 4.44. The number of piperidine rings is 1. The van der Waals surface area contributed by atoms with Gasteiger partial charge in [-0.3, -0.25) is 14.7 Å². The second-order valence-corrected chi connectivity index (χ2v) is 12.3. The van der Waals surface area contributed by atoms with E-state index in [2.05, 4.69) is 4.98 Å². The highest BCUT2D eigenvalue weighted by Gasteiger charge is 2.35. The van der Waals surface area contributed by atoms with Crippen molar-refractivity contribution in [2.24, 2.45) is 5.92 Å². The van der Waals surface area contributed by atoms with Gasteiger partial charge in [0, 0.05) is 36.4 Å². The zero-order valence-electron chi connectivity index (χ0n) is 20.0. The van der Waals surface area contributed by atoms with E-state index in [1.54, 1.807) is 17.3 Å². The maximum atomic E-state index is 13.8. The van der Waals surface area contributed by atoms with Crippen molar-refractivity contribution >= 4 is 54.2 Å². The monoisotopic (exact) mass is 558 g/mol. The number of thiazole rings is 1. The van der Waals surface area contributed by atoms with Gasteiger partial charge in [0.1, 0.15) is 5.82 Å². The largest absolute Gasteiger partial charge is 0.283 e. The molecule has 0 saturated carbocycles. The van der Waals surface area contributed by atoms with Gasteiger partial charge in [0.15, 0.2) is 5.13 Å². The number of aryl methyl sites for hydroxylation is 1. The van der Waals surface area contributed by atoms with Gasteiger partial charge in [-0.05, 0) is 73.4 Å². The standard InChI is InChI=1S/C26H24ClFN4O3S2/c1-17-22(27)8-9-23-24(17)30-26(36-23)32(16-18-3-2-12-29-15-18)25(33)19-10-13-31(14-11-19)37(34,35)21-6-4-20(28)5-7-21/h2-9,12,15,19H,10-11,13-14,16H2,1H3. The number of halogens is 2. The Bertz CT molecular complexity index is 1540. The Hall–Kier alpha value is -2.92. The molecule has 5 rings (SSSR count). The van der Waals surface area contributed by atoms with Crippen LogP contribution in [0.5, 0.6) is 0 Å². The molecule has 2 aromatic carbocycles. The Morgan fingerprint density at radius 3 is 2.57 bits per heavy atom. The molecule has 4 aromatic rings. The number of sulfonamides is 1. The van der Waals surface area contributed by atoms with Crippen molar-refractivity contribution < 1.29 is 17.6 Å². The quantitative estimate of drug-likeness (QED) is 0.315. The van der Waals surface area contributed by atoms with Crippen molar-refractivity contribution in [3.05, 3.63) is 82.9 Å². The number of aromatic nitrogens is 2. The summed E-state index contributed by atoms with van der Waals surface area (Å²) in [5.74, 6) is -0.970. The smallest absolute Gasteiger partial charge is 0.243 e. The van der Waals surface area contributed by atoms with Crippen LogP contribution in [0.4, 0.5) is 9.52 Å². The number of amides is 1. The lowest BCUT2D eigenvalue weighted by Crippen LogP contribution is -2.44. The second-order valence-electron chi connectivity index (χ2n) is 8.93. The van der Waals surface area contributed by atoms with Crippen LogP contribution in [0.1, 0.15) is 24.0 Å². The normalized spacial score (nSPS) is 15.2. The highest BCUT2D eigenvalue weighted by Crippen LogP contribution is 2.36. The van der Waals surface area contributed by atoms with Crippen LogP contribution in [0.15, 0.2) is 65.8 Å². The lowest BCUT2D eigenvalue weighted by atomic mass is 9.96. The van der Waals surface area contributed by atoms with E-state index in [0.717, 1.165) is 33.5 Å². The Labute approximate surface area is 223 Å². The van der Waals surface area contributed by atoms with Crippen LogP contribution < -0.4 is 4.90 Å². The van der Waals surface area contributed by atoms with Crippen molar-refractivity contribution in [2.75, 3.05) is 18.0 Å². The maximum Gasteiger partial charge on any atom is 0.243 e. The van der Waals surface area contributed by atoms with Gasteiger partial charge in [0.2, 0.25) is 15.9 Å². The summed E-state index contributed by atoms with van der Waals surface area (Å²) >= 11 is 7.72. The number of pyridine rings is 1. The van der Waals surface area contributed by atoms with E-state index in [0.29, 0.717) is 29.5 Å². The lowest BCUT2D eigenvalue weighted by molar-refractivity contribution is -0.123. The molecule has 11 heteroatoms. The van der Waals surface area contributed by atoms with Crippen molar-refractivity contribution in [1.82, 2.24) is 14.3 Å². The molecular formula is C26H24ClFN4O3S2. The summed E-state index contributed by atoms with van der Waals surface area (Å²) in [6, 6.07) is 12.2. The fourth-order valence-corrected chi connectivity index (χ4v) is 7.09. The van der Waals surface area contributed by atoms with Gasteiger partial charge in [-0.25, -0.2) is 17.8 Å². The average molecular weight is 559 g/mol. The number of hydrogen-bond acceptors (Lipinski definition) is 6. The first-order chi connectivity index (χ1) is 17.7. The van der Waals surface area contributed by atoms with Crippen LogP contribution in [-0.2, 0) is 21.4 Å².